The molecule has 1 saturated carbocycles. The highest BCUT2D eigenvalue weighted by Gasteiger charge is 2.36. The number of hydrogen-bond acceptors (Lipinski definition) is 3. The summed E-state index contributed by atoms with van der Waals surface area (Å²) in [6.07, 6.45) is 2.50. The monoisotopic (exact) mass is 407 g/mol. The third-order valence-corrected chi connectivity index (χ3v) is 5.27. The Bertz CT molecular complexity index is 876. The fraction of sp³-hybridized carbons (Fsp3) is 0.375. The van der Waals surface area contributed by atoms with Crippen LogP contribution in [-0.4, -0.2) is 41.8 Å². The van der Waals surface area contributed by atoms with Crippen LogP contribution >= 0.6 is 0 Å². The average molecular weight is 408 g/mol. The number of aryl methyl sites for hydroxylation is 1. The molecule has 0 aliphatic heterocycles. The van der Waals surface area contributed by atoms with Crippen LogP contribution in [0.25, 0.3) is 0 Å². The SMILES string of the molecule is CC[C@@H](C(=O)N(CC(=O)NCC(=O)Nc1ccc(C)cc1)C1CC1)c1ccccc1. The van der Waals surface area contributed by atoms with Gasteiger partial charge in [0.25, 0.3) is 0 Å². The first kappa shape index (κ1) is 21.6. The summed E-state index contributed by atoms with van der Waals surface area (Å²) in [6, 6.07) is 17.2. The van der Waals surface area contributed by atoms with Crippen LogP contribution in [0.2, 0.25) is 0 Å². The van der Waals surface area contributed by atoms with Crippen LogP contribution in [0.15, 0.2) is 54.6 Å². The molecular formula is C24H29N3O3. The lowest BCUT2D eigenvalue weighted by atomic mass is 9.95. The van der Waals surface area contributed by atoms with Crippen molar-refractivity contribution in [3.8, 4) is 0 Å². The maximum absolute atomic E-state index is 13.2. The number of anilines is 1. The van der Waals surface area contributed by atoms with Gasteiger partial charge in [-0.1, -0.05) is 55.0 Å². The molecule has 6 heteroatoms. The fourth-order valence-corrected chi connectivity index (χ4v) is 3.44. The number of amides is 3. The first-order valence-corrected chi connectivity index (χ1v) is 10.5. The molecule has 1 atom stereocenters. The third kappa shape index (κ3) is 5.92. The van der Waals surface area contributed by atoms with Gasteiger partial charge in [-0.2, -0.15) is 0 Å². The number of benzene rings is 2. The Hall–Kier alpha value is -3.15. The molecule has 0 saturated heterocycles. The Kier molecular flexibility index (Phi) is 7.22. The van der Waals surface area contributed by atoms with Gasteiger partial charge in [0.05, 0.1) is 19.0 Å². The Balaban J connectivity index is 1.54. The van der Waals surface area contributed by atoms with Crippen molar-refractivity contribution >= 4 is 23.4 Å². The van der Waals surface area contributed by atoms with Gasteiger partial charge < -0.3 is 15.5 Å². The number of nitrogens with one attached hydrogen (secondary N) is 2. The van der Waals surface area contributed by atoms with Gasteiger partial charge in [-0.3, -0.25) is 14.4 Å². The van der Waals surface area contributed by atoms with Crippen LogP contribution in [0.4, 0.5) is 5.69 Å². The molecule has 1 aliphatic rings. The van der Waals surface area contributed by atoms with Gasteiger partial charge in [0.2, 0.25) is 17.7 Å². The summed E-state index contributed by atoms with van der Waals surface area (Å²) in [5.41, 5.74) is 2.75. The molecule has 0 bridgehead atoms. The van der Waals surface area contributed by atoms with Crippen LogP contribution in [0, 0.1) is 6.92 Å². The van der Waals surface area contributed by atoms with Gasteiger partial charge in [0.1, 0.15) is 0 Å². The maximum Gasteiger partial charge on any atom is 0.243 e. The molecule has 2 aromatic carbocycles. The van der Waals surface area contributed by atoms with Gasteiger partial charge >= 0.3 is 0 Å². The summed E-state index contributed by atoms with van der Waals surface area (Å²) in [5, 5.41) is 5.38. The number of nitrogens with zero attached hydrogens (tertiary/aromatic N) is 1. The molecule has 1 fully saturated rings. The second-order valence-electron chi connectivity index (χ2n) is 7.76. The van der Waals surface area contributed by atoms with Crippen molar-refractivity contribution in [3.05, 3.63) is 65.7 Å². The highest BCUT2D eigenvalue weighted by Crippen LogP contribution is 2.31. The Morgan fingerprint density at radius 1 is 1.00 bits per heavy atom. The molecule has 30 heavy (non-hydrogen) atoms. The first-order chi connectivity index (χ1) is 14.5. The summed E-state index contributed by atoms with van der Waals surface area (Å²) < 4.78 is 0. The lowest BCUT2D eigenvalue weighted by Crippen LogP contribution is -2.45. The quantitative estimate of drug-likeness (QED) is 0.670. The van der Waals surface area contributed by atoms with Crippen LogP contribution in [0.3, 0.4) is 0 Å². The molecule has 2 aromatic rings. The molecule has 0 spiro atoms. The summed E-state index contributed by atoms with van der Waals surface area (Å²) in [7, 11) is 0. The Morgan fingerprint density at radius 3 is 2.27 bits per heavy atom. The fourth-order valence-electron chi connectivity index (χ4n) is 3.44. The van der Waals surface area contributed by atoms with E-state index in [0.717, 1.165) is 24.0 Å². The second-order valence-corrected chi connectivity index (χ2v) is 7.76. The minimum Gasteiger partial charge on any atom is -0.345 e. The van der Waals surface area contributed by atoms with E-state index < -0.39 is 0 Å². The zero-order chi connectivity index (χ0) is 21.5. The van der Waals surface area contributed by atoms with E-state index in [1.54, 1.807) is 4.90 Å². The van der Waals surface area contributed by atoms with Crippen LogP contribution in [-0.2, 0) is 14.4 Å². The molecule has 0 heterocycles. The maximum atomic E-state index is 13.2. The number of hydrogen-bond donors (Lipinski definition) is 2. The van der Waals surface area contributed by atoms with E-state index in [1.165, 1.54) is 0 Å². The second kappa shape index (κ2) is 10.1. The number of carbonyl (C=O) groups is 3. The van der Waals surface area contributed by atoms with E-state index in [1.807, 2.05) is 68.4 Å². The first-order valence-electron chi connectivity index (χ1n) is 10.5. The molecular weight excluding hydrogens is 378 g/mol. The van der Waals surface area contributed by atoms with Gasteiger partial charge in [0.15, 0.2) is 0 Å². The molecule has 0 unspecified atom stereocenters. The van der Waals surface area contributed by atoms with E-state index in [-0.39, 0.29) is 42.8 Å². The summed E-state index contributed by atoms with van der Waals surface area (Å²) in [5.74, 6) is -0.903. The molecule has 3 amide bonds. The highest BCUT2D eigenvalue weighted by atomic mass is 16.2. The van der Waals surface area contributed by atoms with Crippen LogP contribution in [0.1, 0.15) is 43.2 Å². The predicted octanol–water partition coefficient (Wildman–Crippen LogP) is 3.23. The van der Waals surface area contributed by atoms with Crippen LogP contribution in [0.5, 0.6) is 0 Å². The van der Waals surface area contributed by atoms with Crippen molar-refractivity contribution in [2.75, 3.05) is 18.4 Å². The van der Waals surface area contributed by atoms with Gasteiger partial charge in [-0.15, -0.1) is 0 Å². The van der Waals surface area contributed by atoms with E-state index in [4.69, 9.17) is 0 Å². The molecule has 3 rings (SSSR count). The van der Waals surface area contributed by atoms with Gasteiger partial charge in [-0.05, 0) is 43.9 Å². The van der Waals surface area contributed by atoms with Crippen molar-refractivity contribution in [2.24, 2.45) is 0 Å². The Morgan fingerprint density at radius 2 is 1.67 bits per heavy atom. The smallest absolute Gasteiger partial charge is 0.243 e. The zero-order valence-electron chi connectivity index (χ0n) is 17.6. The van der Waals surface area contributed by atoms with Gasteiger partial charge in [0, 0.05) is 11.7 Å². The number of carbonyl (C=O) groups excluding carboxylic acids is 3. The van der Waals surface area contributed by atoms with E-state index in [0.29, 0.717) is 12.1 Å². The minimum absolute atomic E-state index is 0.0227. The van der Waals surface area contributed by atoms with Crippen molar-refractivity contribution in [1.82, 2.24) is 10.2 Å². The van der Waals surface area contributed by atoms with E-state index in [9.17, 15) is 14.4 Å². The summed E-state index contributed by atoms with van der Waals surface area (Å²) >= 11 is 0. The highest BCUT2D eigenvalue weighted by molar-refractivity contribution is 5.95. The Labute approximate surface area is 177 Å². The van der Waals surface area contributed by atoms with Crippen molar-refractivity contribution in [3.63, 3.8) is 0 Å². The molecule has 0 aromatic heterocycles. The summed E-state index contributed by atoms with van der Waals surface area (Å²) in [4.78, 5) is 39.4. The van der Waals surface area contributed by atoms with Crippen molar-refractivity contribution in [2.45, 2.75) is 45.1 Å². The molecule has 6 nitrogen and oxygen atoms in total. The summed E-state index contributed by atoms with van der Waals surface area (Å²) in [6.45, 7) is 3.80. The molecule has 1 aliphatic carbocycles. The topological polar surface area (TPSA) is 78.5 Å². The third-order valence-electron chi connectivity index (χ3n) is 5.27. The predicted molar refractivity (Wildman–Crippen MR) is 117 cm³/mol. The number of rotatable bonds is 9. The van der Waals surface area contributed by atoms with Crippen molar-refractivity contribution < 1.29 is 14.4 Å². The molecule has 158 valence electrons. The van der Waals surface area contributed by atoms with Crippen LogP contribution < -0.4 is 10.6 Å². The normalized spacial score (nSPS) is 13.9. The van der Waals surface area contributed by atoms with Gasteiger partial charge in [-0.25, -0.2) is 0 Å². The standard InChI is InChI=1S/C24H29N3O3/c1-3-21(18-7-5-4-6-8-18)24(30)27(20-13-14-20)16-23(29)25-15-22(28)26-19-11-9-17(2)10-12-19/h4-12,20-21H,3,13-16H2,1-2H3,(H,25,29)(H,26,28)/t21-/m1/s1. The largest absolute Gasteiger partial charge is 0.345 e. The minimum atomic E-state index is -0.322. The lowest BCUT2D eigenvalue weighted by Gasteiger charge is -2.26. The molecule has 0 radical (unpaired) electrons. The molecule has 2 N–H and O–H groups in total. The van der Waals surface area contributed by atoms with Crippen molar-refractivity contribution in [1.29, 1.82) is 0 Å². The lowest BCUT2D eigenvalue weighted by molar-refractivity contribution is -0.138. The average Bonchev–Trinajstić information content (AvgIpc) is 3.58. The van der Waals surface area contributed by atoms with E-state index >= 15 is 0 Å². The van der Waals surface area contributed by atoms with E-state index in [2.05, 4.69) is 10.6 Å². The zero-order valence-corrected chi connectivity index (χ0v) is 17.6.